The number of hydrogen-bond acceptors (Lipinski definition) is 4. The molecule has 17 rings (SSSR count). The second-order valence-corrected chi connectivity index (χ2v) is 23.4. The molecule has 4 nitrogen and oxygen atoms in total. The Labute approximate surface area is 478 Å². The van der Waals surface area contributed by atoms with Crippen LogP contribution < -0.4 is 0 Å². The zero-order valence-corrected chi connectivity index (χ0v) is 45.5. The monoisotopic (exact) mass is 1070 g/mol. The van der Waals surface area contributed by atoms with Crippen molar-refractivity contribution < 1.29 is 0 Å². The van der Waals surface area contributed by atoms with Crippen molar-refractivity contribution in [3.63, 3.8) is 0 Å². The van der Waals surface area contributed by atoms with Gasteiger partial charge < -0.3 is 9.13 Å². The molecule has 0 aliphatic carbocycles. The number of fused-ring (bicyclic) bond motifs is 16. The van der Waals surface area contributed by atoms with E-state index in [1.807, 2.05) is 0 Å². The van der Waals surface area contributed by atoms with E-state index in [1.54, 1.807) is 22.7 Å². The first-order chi connectivity index (χ1) is 40.6. The maximum atomic E-state index is 12.6. The molecule has 0 spiro atoms. The summed E-state index contributed by atoms with van der Waals surface area (Å²) in [7, 11) is 0. The average Bonchev–Trinajstić information content (AvgIpc) is 3.42. The van der Waals surface area contributed by atoms with Crippen LogP contribution in [-0.2, 0) is 0 Å². The number of thiophene rings is 2. The van der Waals surface area contributed by atoms with E-state index in [-0.39, 0.29) is 0 Å². The number of aromatic nitrogens is 2. The standard InChI is InChI=1S/C76H42N4S2/c77-43-63-69(53-29-27-47-19-7-9-21-49(47)39-53)64(44-78)72(80-66-42-52(46-17-5-2-6-18-46)32-34-56(66)60-36-38-62-58-24-12-14-26-68(58)82-76(62)74(60)80)70(54-30-28-48-20-8-10-22-50(48)40-54)71(63)79-65-41-51(45-15-3-1-4-16-45)31-33-55(65)59-35-37-61-57-23-11-13-25-67(57)81-75(61)73(59)79/h1-42H. The van der Waals surface area contributed by atoms with E-state index in [2.05, 4.69) is 276 Å². The Kier molecular flexibility index (Phi) is 10.1. The number of benzene rings is 13. The third-order valence-corrected chi connectivity index (χ3v) is 19.3. The van der Waals surface area contributed by atoms with Crippen LogP contribution >= 0.6 is 22.7 Å². The molecule has 0 fully saturated rings. The molecule has 0 saturated carbocycles. The highest BCUT2D eigenvalue weighted by Gasteiger charge is 2.33. The van der Waals surface area contributed by atoms with Gasteiger partial charge in [-0.05, 0) is 91.3 Å². The zero-order valence-electron chi connectivity index (χ0n) is 43.9. The third-order valence-electron chi connectivity index (χ3n) is 17.0. The highest BCUT2D eigenvalue weighted by Crippen LogP contribution is 2.53. The van der Waals surface area contributed by atoms with E-state index in [0.717, 1.165) is 124 Å². The molecule has 0 aliphatic heterocycles. The van der Waals surface area contributed by atoms with Crippen LogP contribution in [0.2, 0.25) is 0 Å². The van der Waals surface area contributed by atoms with Crippen molar-refractivity contribution in [1.82, 2.24) is 9.13 Å². The molecule has 17 aromatic rings. The molecule has 0 bridgehead atoms. The van der Waals surface area contributed by atoms with Gasteiger partial charge in [0.25, 0.3) is 0 Å². The van der Waals surface area contributed by atoms with Gasteiger partial charge in [-0.25, -0.2) is 0 Å². The highest BCUT2D eigenvalue weighted by atomic mass is 32.1. The van der Waals surface area contributed by atoms with Crippen molar-refractivity contribution in [3.05, 3.63) is 266 Å². The first-order valence-corrected chi connectivity index (χ1v) is 29.1. The average molecular weight is 1080 g/mol. The highest BCUT2D eigenvalue weighted by molar-refractivity contribution is 7.27. The molecule has 4 aromatic heterocycles. The SMILES string of the molecule is N#Cc1c(-c2ccc3ccccc3c2)c(C#N)c(-n2c3cc(-c4ccccc4)ccc3c3ccc4c5ccccc5sc4c32)c(-c2ccc3ccccc3c2)c1-n1c2cc(-c3ccccc3)ccc2c2ccc3c4ccccc4sc3c21. The lowest BCUT2D eigenvalue weighted by Crippen LogP contribution is -2.11. The summed E-state index contributed by atoms with van der Waals surface area (Å²) in [5, 5.41) is 38.4. The van der Waals surface area contributed by atoms with E-state index in [9.17, 15) is 10.5 Å². The summed E-state index contributed by atoms with van der Waals surface area (Å²) in [6, 6.07) is 97.0. The summed E-state index contributed by atoms with van der Waals surface area (Å²) < 4.78 is 9.46. The predicted molar refractivity (Wildman–Crippen MR) is 347 cm³/mol. The first-order valence-electron chi connectivity index (χ1n) is 27.5. The van der Waals surface area contributed by atoms with E-state index in [1.165, 1.54) is 20.2 Å². The molecule has 0 amide bonds. The van der Waals surface area contributed by atoms with Gasteiger partial charge in [-0.2, -0.15) is 10.5 Å². The lowest BCUT2D eigenvalue weighted by atomic mass is 9.85. The first kappa shape index (κ1) is 46.3. The third kappa shape index (κ3) is 6.75. The van der Waals surface area contributed by atoms with Gasteiger partial charge in [0.15, 0.2) is 0 Å². The summed E-state index contributed by atoms with van der Waals surface area (Å²) in [6.45, 7) is 0. The molecule has 6 heteroatoms. The Morgan fingerprint density at radius 2 is 0.659 bits per heavy atom. The smallest absolute Gasteiger partial charge is 0.102 e. The molecule has 0 unspecified atom stereocenters. The summed E-state index contributed by atoms with van der Waals surface area (Å²) in [5.41, 5.74) is 13.5. The minimum absolute atomic E-state index is 0.415. The van der Waals surface area contributed by atoms with Crippen molar-refractivity contribution >= 4 is 128 Å². The van der Waals surface area contributed by atoms with Crippen molar-refractivity contribution in [2.45, 2.75) is 0 Å². The molecule has 0 N–H and O–H groups in total. The second-order valence-electron chi connectivity index (χ2n) is 21.3. The van der Waals surface area contributed by atoms with E-state index in [4.69, 9.17) is 0 Å². The molecule has 0 saturated heterocycles. The van der Waals surface area contributed by atoms with Gasteiger partial charge in [0.05, 0.1) is 54.0 Å². The van der Waals surface area contributed by atoms with Crippen molar-refractivity contribution in [2.75, 3.05) is 0 Å². The summed E-state index contributed by atoms with van der Waals surface area (Å²) >= 11 is 3.58. The van der Waals surface area contributed by atoms with Crippen LogP contribution in [0.25, 0.3) is 161 Å². The van der Waals surface area contributed by atoms with Crippen LogP contribution in [0.15, 0.2) is 255 Å². The molecule has 13 aromatic carbocycles. The van der Waals surface area contributed by atoms with Gasteiger partial charge in [0.2, 0.25) is 0 Å². The number of rotatable bonds is 6. The van der Waals surface area contributed by atoms with Crippen LogP contribution in [-0.4, -0.2) is 9.13 Å². The van der Waals surface area contributed by atoms with Crippen molar-refractivity contribution in [3.8, 4) is 68.0 Å². The quantitative estimate of drug-likeness (QED) is 0.167. The van der Waals surface area contributed by atoms with Gasteiger partial charge in [-0.15, -0.1) is 22.7 Å². The van der Waals surface area contributed by atoms with Gasteiger partial charge >= 0.3 is 0 Å². The fraction of sp³-hybridized carbons (Fsp3) is 0. The molecule has 4 heterocycles. The Morgan fingerprint density at radius 1 is 0.280 bits per heavy atom. The normalized spacial score (nSPS) is 11.9. The number of nitriles is 2. The van der Waals surface area contributed by atoms with Crippen LogP contribution in [0, 0.1) is 22.7 Å². The maximum Gasteiger partial charge on any atom is 0.102 e. The summed E-state index contributed by atoms with van der Waals surface area (Å²) in [4.78, 5) is 0. The van der Waals surface area contributed by atoms with E-state index >= 15 is 0 Å². The minimum Gasteiger partial charge on any atom is -0.306 e. The predicted octanol–water partition coefficient (Wildman–Crippen LogP) is 21.3. The Morgan fingerprint density at radius 3 is 1.12 bits per heavy atom. The Hall–Kier alpha value is -10.6. The van der Waals surface area contributed by atoms with Gasteiger partial charge in [-0.3, -0.25) is 0 Å². The van der Waals surface area contributed by atoms with Gasteiger partial charge in [0, 0.05) is 63.6 Å². The van der Waals surface area contributed by atoms with E-state index in [0.29, 0.717) is 28.1 Å². The molecule has 378 valence electrons. The van der Waals surface area contributed by atoms with Crippen LogP contribution in [0.1, 0.15) is 11.1 Å². The van der Waals surface area contributed by atoms with E-state index < -0.39 is 0 Å². The fourth-order valence-electron chi connectivity index (χ4n) is 13.3. The fourth-order valence-corrected chi connectivity index (χ4v) is 15.8. The molecule has 0 aliphatic rings. The summed E-state index contributed by atoms with van der Waals surface area (Å²) in [5.74, 6) is 0. The Balaban J connectivity index is 1.17. The van der Waals surface area contributed by atoms with Crippen molar-refractivity contribution in [1.29, 1.82) is 10.5 Å². The Bertz CT molecular complexity index is 5400. The topological polar surface area (TPSA) is 57.4 Å². The molecule has 82 heavy (non-hydrogen) atoms. The van der Waals surface area contributed by atoms with Gasteiger partial charge in [-0.1, -0.05) is 218 Å². The second kappa shape index (κ2) is 18.0. The summed E-state index contributed by atoms with van der Waals surface area (Å²) in [6.07, 6.45) is 0. The van der Waals surface area contributed by atoms with Crippen LogP contribution in [0.5, 0.6) is 0 Å². The molecular formula is C76H42N4S2. The van der Waals surface area contributed by atoms with Gasteiger partial charge in [0.1, 0.15) is 12.1 Å². The number of nitrogens with zero attached hydrogens (tertiary/aromatic N) is 4. The maximum absolute atomic E-state index is 12.6. The van der Waals surface area contributed by atoms with Crippen LogP contribution in [0.4, 0.5) is 0 Å². The lowest BCUT2D eigenvalue weighted by Gasteiger charge is -2.26. The minimum atomic E-state index is 0.415. The van der Waals surface area contributed by atoms with Crippen LogP contribution in [0.3, 0.4) is 0 Å². The zero-order chi connectivity index (χ0) is 54.2. The number of hydrogen-bond donors (Lipinski definition) is 0. The molecular weight excluding hydrogens is 1030 g/mol. The molecule has 0 atom stereocenters. The lowest BCUT2D eigenvalue weighted by molar-refractivity contribution is 1.13. The van der Waals surface area contributed by atoms with Crippen molar-refractivity contribution in [2.24, 2.45) is 0 Å². The molecule has 0 radical (unpaired) electrons. The largest absolute Gasteiger partial charge is 0.306 e.